The summed E-state index contributed by atoms with van der Waals surface area (Å²) in [5.74, 6) is 1.92. The molecule has 0 bridgehead atoms. The Hall–Kier alpha value is -2.48. The molecular formula is C15H20N6O2. The van der Waals surface area contributed by atoms with E-state index < -0.39 is 0 Å². The van der Waals surface area contributed by atoms with Crippen LogP contribution in [0.25, 0.3) is 0 Å². The summed E-state index contributed by atoms with van der Waals surface area (Å²) in [7, 11) is 3.92. The van der Waals surface area contributed by atoms with E-state index in [-0.39, 0.29) is 5.91 Å². The van der Waals surface area contributed by atoms with Gasteiger partial charge in [-0.15, -0.1) is 0 Å². The quantitative estimate of drug-likeness (QED) is 0.894. The number of hydrogen-bond donors (Lipinski definition) is 1. The minimum atomic E-state index is -0.106. The van der Waals surface area contributed by atoms with Crippen LogP contribution >= 0.6 is 0 Å². The lowest BCUT2D eigenvalue weighted by Crippen LogP contribution is -2.38. The van der Waals surface area contributed by atoms with E-state index in [4.69, 9.17) is 4.52 Å². The highest BCUT2D eigenvalue weighted by Gasteiger charge is 2.23. The zero-order chi connectivity index (χ0) is 16.4. The Morgan fingerprint density at radius 3 is 2.96 bits per heavy atom. The first-order valence-corrected chi connectivity index (χ1v) is 7.48. The van der Waals surface area contributed by atoms with Crippen molar-refractivity contribution in [1.82, 2.24) is 20.0 Å². The minimum Gasteiger partial charge on any atom is -0.362 e. The summed E-state index contributed by atoms with van der Waals surface area (Å²) in [6.07, 6.45) is 2.42. The van der Waals surface area contributed by atoms with Crippen molar-refractivity contribution in [3.8, 4) is 0 Å². The molecule has 8 heteroatoms. The van der Waals surface area contributed by atoms with Crippen LogP contribution in [0.5, 0.6) is 0 Å². The molecule has 23 heavy (non-hydrogen) atoms. The standard InChI is InChI=1S/C15H20N6O2/c1-10-6-13(19-23-10)18-14(22)8-21-5-4-12-11(7-21)15(20(2)3)17-9-16-12/h6,9H,4-5,7-8H2,1-3H3,(H,18,19,22). The number of nitrogens with zero attached hydrogens (tertiary/aromatic N) is 5. The number of fused-ring (bicyclic) bond motifs is 1. The average Bonchev–Trinajstić information content (AvgIpc) is 2.91. The molecule has 1 amide bonds. The highest BCUT2D eigenvalue weighted by Crippen LogP contribution is 2.24. The first kappa shape index (κ1) is 15.4. The number of amides is 1. The second-order valence-corrected chi connectivity index (χ2v) is 5.85. The third-order valence-electron chi connectivity index (χ3n) is 3.74. The molecular weight excluding hydrogens is 296 g/mol. The number of rotatable bonds is 4. The van der Waals surface area contributed by atoms with Crippen molar-refractivity contribution in [2.45, 2.75) is 19.9 Å². The normalized spacial score (nSPS) is 14.4. The smallest absolute Gasteiger partial charge is 0.239 e. The summed E-state index contributed by atoms with van der Waals surface area (Å²) in [6.45, 7) is 3.54. The van der Waals surface area contributed by atoms with Gasteiger partial charge in [0.1, 0.15) is 17.9 Å². The van der Waals surface area contributed by atoms with Gasteiger partial charge in [-0.25, -0.2) is 9.97 Å². The second-order valence-electron chi connectivity index (χ2n) is 5.85. The van der Waals surface area contributed by atoms with Gasteiger partial charge >= 0.3 is 0 Å². The Labute approximate surface area is 134 Å². The van der Waals surface area contributed by atoms with Crippen LogP contribution in [0.2, 0.25) is 0 Å². The van der Waals surface area contributed by atoms with Crippen LogP contribution in [-0.2, 0) is 17.8 Å². The van der Waals surface area contributed by atoms with E-state index >= 15 is 0 Å². The van der Waals surface area contributed by atoms with Crippen LogP contribution in [0.4, 0.5) is 11.6 Å². The van der Waals surface area contributed by atoms with Crippen molar-refractivity contribution in [1.29, 1.82) is 0 Å². The molecule has 0 radical (unpaired) electrons. The van der Waals surface area contributed by atoms with Crippen LogP contribution in [0.15, 0.2) is 16.9 Å². The molecule has 0 aliphatic carbocycles. The molecule has 0 saturated carbocycles. The van der Waals surface area contributed by atoms with Gasteiger partial charge in [-0.3, -0.25) is 9.69 Å². The molecule has 0 aromatic carbocycles. The van der Waals surface area contributed by atoms with E-state index in [0.29, 0.717) is 24.7 Å². The van der Waals surface area contributed by atoms with Gasteiger partial charge < -0.3 is 14.7 Å². The molecule has 3 rings (SSSR count). The Bertz CT molecular complexity index is 712. The molecule has 0 atom stereocenters. The summed E-state index contributed by atoms with van der Waals surface area (Å²) < 4.78 is 4.94. The molecule has 2 aromatic rings. The zero-order valence-electron chi connectivity index (χ0n) is 13.5. The molecule has 0 spiro atoms. The highest BCUT2D eigenvalue weighted by molar-refractivity contribution is 5.91. The van der Waals surface area contributed by atoms with E-state index in [2.05, 4.69) is 25.3 Å². The van der Waals surface area contributed by atoms with E-state index in [9.17, 15) is 4.79 Å². The largest absolute Gasteiger partial charge is 0.362 e. The lowest BCUT2D eigenvalue weighted by Gasteiger charge is -2.29. The van der Waals surface area contributed by atoms with Gasteiger partial charge in [0.2, 0.25) is 5.91 Å². The average molecular weight is 316 g/mol. The number of carbonyl (C=O) groups is 1. The molecule has 0 saturated heterocycles. The van der Waals surface area contributed by atoms with Crippen molar-refractivity contribution in [2.75, 3.05) is 37.4 Å². The molecule has 1 N–H and O–H groups in total. The topological polar surface area (TPSA) is 87.4 Å². The summed E-state index contributed by atoms with van der Waals surface area (Å²) in [5.41, 5.74) is 2.15. The lowest BCUT2D eigenvalue weighted by atomic mass is 10.1. The van der Waals surface area contributed by atoms with Gasteiger partial charge in [-0.1, -0.05) is 5.16 Å². The Morgan fingerprint density at radius 2 is 2.26 bits per heavy atom. The number of aromatic nitrogens is 3. The first-order valence-electron chi connectivity index (χ1n) is 7.48. The second kappa shape index (κ2) is 6.33. The molecule has 1 aliphatic heterocycles. The van der Waals surface area contributed by atoms with Crippen LogP contribution in [0.3, 0.4) is 0 Å². The predicted octanol–water partition coefficient (Wildman–Crippen LogP) is 0.836. The summed E-state index contributed by atoms with van der Waals surface area (Å²) in [5, 5.41) is 6.51. The van der Waals surface area contributed by atoms with E-state index in [1.807, 2.05) is 19.0 Å². The Balaban J connectivity index is 1.66. The third kappa shape index (κ3) is 3.48. The molecule has 0 fully saturated rings. The fourth-order valence-corrected chi connectivity index (χ4v) is 2.71. The van der Waals surface area contributed by atoms with E-state index in [1.165, 1.54) is 0 Å². The number of anilines is 2. The van der Waals surface area contributed by atoms with Crippen molar-refractivity contribution in [3.05, 3.63) is 29.4 Å². The van der Waals surface area contributed by atoms with E-state index in [1.54, 1.807) is 19.3 Å². The maximum atomic E-state index is 12.1. The van der Waals surface area contributed by atoms with Crippen LogP contribution in [0.1, 0.15) is 17.0 Å². The first-order chi connectivity index (χ1) is 11.0. The number of carbonyl (C=O) groups excluding carboxylic acids is 1. The van der Waals surface area contributed by atoms with Crippen LogP contribution in [-0.4, -0.2) is 53.1 Å². The monoisotopic (exact) mass is 316 g/mol. The van der Waals surface area contributed by atoms with Gasteiger partial charge in [0.05, 0.1) is 12.2 Å². The van der Waals surface area contributed by atoms with Gasteiger partial charge in [-0.2, -0.15) is 0 Å². The zero-order valence-corrected chi connectivity index (χ0v) is 13.5. The fraction of sp³-hybridized carbons (Fsp3) is 0.467. The molecule has 0 unspecified atom stereocenters. The van der Waals surface area contributed by atoms with Gasteiger partial charge in [0.15, 0.2) is 5.82 Å². The molecule has 122 valence electrons. The van der Waals surface area contributed by atoms with Crippen molar-refractivity contribution in [2.24, 2.45) is 0 Å². The number of hydrogen-bond acceptors (Lipinski definition) is 7. The minimum absolute atomic E-state index is 0.106. The maximum Gasteiger partial charge on any atom is 0.239 e. The summed E-state index contributed by atoms with van der Waals surface area (Å²) in [4.78, 5) is 24.9. The Kier molecular flexibility index (Phi) is 4.24. The van der Waals surface area contributed by atoms with Gasteiger partial charge in [0, 0.05) is 45.2 Å². The molecule has 8 nitrogen and oxygen atoms in total. The maximum absolute atomic E-state index is 12.1. The molecule has 2 aromatic heterocycles. The lowest BCUT2D eigenvalue weighted by molar-refractivity contribution is -0.117. The van der Waals surface area contributed by atoms with Crippen molar-refractivity contribution >= 4 is 17.5 Å². The molecule has 1 aliphatic rings. The number of aryl methyl sites for hydroxylation is 1. The highest BCUT2D eigenvalue weighted by atomic mass is 16.5. The van der Waals surface area contributed by atoms with Crippen molar-refractivity contribution < 1.29 is 9.32 Å². The van der Waals surface area contributed by atoms with Crippen LogP contribution < -0.4 is 10.2 Å². The number of nitrogens with one attached hydrogen (secondary N) is 1. The Morgan fingerprint density at radius 1 is 1.43 bits per heavy atom. The molecule has 3 heterocycles. The van der Waals surface area contributed by atoms with Gasteiger partial charge in [0.25, 0.3) is 0 Å². The predicted molar refractivity (Wildman–Crippen MR) is 85.2 cm³/mol. The summed E-state index contributed by atoms with van der Waals surface area (Å²) in [6, 6.07) is 1.70. The fourth-order valence-electron chi connectivity index (χ4n) is 2.71. The third-order valence-corrected chi connectivity index (χ3v) is 3.74. The van der Waals surface area contributed by atoms with Gasteiger partial charge in [-0.05, 0) is 6.92 Å². The SMILES string of the molecule is Cc1cc(NC(=O)CN2CCc3ncnc(N(C)C)c3C2)no1. The summed E-state index contributed by atoms with van der Waals surface area (Å²) >= 11 is 0. The van der Waals surface area contributed by atoms with E-state index in [0.717, 1.165) is 30.0 Å². The van der Waals surface area contributed by atoms with Crippen LogP contribution in [0, 0.1) is 6.92 Å². The van der Waals surface area contributed by atoms with Crippen molar-refractivity contribution in [3.63, 3.8) is 0 Å².